The van der Waals surface area contributed by atoms with Crippen LogP contribution < -0.4 is 10.6 Å². The van der Waals surface area contributed by atoms with E-state index in [1.807, 2.05) is 13.8 Å². The van der Waals surface area contributed by atoms with E-state index in [1.54, 1.807) is 7.05 Å². The van der Waals surface area contributed by atoms with E-state index in [-0.39, 0.29) is 17.5 Å². The maximum absolute atomic E-state index is 11.6. The number of hydrogen-bond donors (Lipinski definition) is 2. The summed E-state index contributed by atoms with van der Waals surface area (Å²) in [5.74, 6) is 0.0421. The molecule has 0 saturated carbocycles. The van der Waals surface area contributed by atoms with E-state index < -0.39 is 0 Å². The Balaban J connectivity index is 2.44. The van der Waals surface area contributed by atoms with Gasteiger partial charge in [-0.3, -0.25) is 4.79 Å². The van der Waals surface area contributed by atoms with Crippen molar-refractivity contribution in [1.82, 2.24) is 10.6 Å². The highest BCUT2D eigenvalue weighted by Crippen LogP contribution is 2.18. The number of carbonyl (C=O) groups excluding carboxylic acids is 1. The maximum Gasteiger partial charge on any atom is 0.237 e. The third kappa shape index (κ3) is 2.96. The number of carbonyl (C=O) groups is 1. The molecule has 4 nitrogen and oxygen atoms in total. The van der Waals surface area contributed by atoms with Crippen molar-refractivity contribution in [2.24, 2.45) is 0 Å². The molecule has 1 heterocycles. The van der Waals surface area contributed by atoms with Crippen LogP contribution in [-0.4, -0.2) is 37.7 Å². The number of amides is 1. The van der Waals surface area contributed by atoms with Gasteiger partial charge in [-0.05, 0) is 33.7 Å². The molecule has 1 aliphatic heterocycles. The molecule has 0 radical (unpaired) electrons. The highest BCUT2D eigenvalue weighted by molar-refractivity contribution is 5.82. The van der Waals surface area contributed by atoms with Gasteiger partial charge in [-0.1, -0.05) is 0 Å². The highest BCUT2D eigenvalue weighted by atomic mass is 16.5. The van der Waals surface area contributed by atoms with E-state index in [1.165, 1.54) is 0 Å². The summed E-state index contributed by atoms with van der Waals surface area (Å²) < 4.78 is 5.36. The molecule has 0 aromatic carbocycles. The average Bonchev–Trinajstić information content (AvgIpc) is 2.17. The van der Waals surface area contributed by atoms with Crippen LogP contribution in [0.5, 0.6) is 0 Å². The molecule has 1 amide bonds. The lowest BCUT2D eigenvalue weighted by atomic mass is 9.94. The number of nitrogens with one attached hydrogen (secondary N) is 2. The molecule has 1 aliphatic rings. The Labute approximate surface area is 85.4 Å². The Kier molecular flexibility index (Phi) is 3.89. The Morgan fingerprint density at radius 1 is 1.57 bits per heavy atom. The van der Waals surface area contributed by atoms with Crippen LogP contribution in [0, 0.1) is 0 Å². The smallest absolute Gasteiger partial charge is 0.237 e. The van der Waals surface area contributed by atoms with Crippen molar-refractivity contribution in [3.63, 3.8) is 0 Å². The summed E-state index contributed by atoms with van der Waals surface area (Å²) in [4.78, 5) is 11.6. The first-order chi connectivity index (χ1) is 6.57. The Morgan fingerprint density at radius 2 is 2.29 bits per heavy atom. The lowest BCUT2D eigenvalue weighted by Crippen LogP contribution is -2.55. The largest absolute Gasteiger partial charge is 0.379 e. The molecule has 82 valence electrons. The number of hydrogen-bond acceptors (Lipinski definition) is 3. The minimum atomic E-state index is -0.180. The molecule has 1 fully saturated rings. The van der Waals surface area contributed by atoms with Gasteiger partial charge in [0.2, 0.25) is 5.91 Å². The molecule has 0 aromatic heterocycles. The first-order valence-electron chi connectivity index (χ1n) is 5.14. The average molecular weight is 200 g/mol. The summed E-state index contributed by atoms with van der Waals surface area (Å²) in [5.41, 5.74) is -0.180. The molecule has 14 heavy (non-hydrogen) atoms. The van der Waals surface area contributed by atoms with Gasteiger partial charge in [0, 0.05) is 6.61 Å². The molecule has 1 rings (SSSR count). The fourth-order valence-corrected chi connectivity index (χ4v) is 1.57. The standard InChI is InChI=1S/C10H20N2O2/c1-8(11-3)9(13)12-10(2)5-4-6-14-7-10/h8,11H,4-7H2,1-3H3,(H,12,13)/t8-,10?/m0/s1. The second kappa shape index (κ2) is 4.75. The lowest BCUT2D eigenvalue weighted by molar-refractivity contribution is -0.126. The molecule has 0 aromatic rings. The molecule has 1 unspecified atom stereocenters. The molecular weight excluding hydrogens is 180 g/mol. The van der Waals surface area contributed by atoms with E-state index in [4.69, 9.17) is 4.74 Å². The summed E-state index contributed by atoms with van der Waals surface area (Å²) in [6.45, 7) is 5.32. The van der Waals surface area contributed by atoms with Crippen molar-refractivity contribution in [3.05, 3.63) is 0 Å². The van der Waals surface area contributed by atoms with Gasteiger partial charge in [-0.25, -0.2) is 0 Å². The Bertz CT molecular complexity index is 200. The number of likely N-dealkylation sites (N-methyl/N-ethyl adjacent to an activating group) is 1. The van der Waals surface area contributed by atoms with Gasteiger partial charge in [0.1, 0.15) is 0 Å². The Morgan fingerprint density at radius 3 is 2.79 bits per heavy atom. The summed E-state index contributed by atoms with van der Waals surface area (Å²) in [5, 5.41) is 5.94. The quantitative estimate of drug-likeness (QED) is 0.688. The van der Waals surface area contributed by atoms with Gasteiger partial charge in [-0.15, -0.1) is 0 Å². The van der Waals surface area contributed by atoms with Crippen molar-refractivity contribution >= 4 is 5.91 Å². The zero-order valence-electron chi connectivity index (χ0n) is 9.22. The Hall–Kier alpha value is -0.610. The van der Waals surface area contributed by atoms with Crippen LogP contribution in [0.15, 0.2) is 0 Å². The summed E-state index contributed by atoms with van der Waals surface area (Å²) >= 11 is 0. The highest BCUT2D eigenvalue weighted by Gasteiger charge is 2.30. The number of ether oxygens (including phenoxy) is 1. The molecule has 0 aliphatic carbocycles. The molecular formula is C10H20N2O2. The van der Waals surface area contributed by atoms with E-state index in [2.05, 4.69) is 10.6 Å². The summed E-state index contributed by atoms with van der Waals surface area (Å²) in [7, 11) is 1.78. The van der Waals surface area contributed by atoms with Crippen molar-refractivity contribution in [3.8, 4) is 0 Å². The van der Waals surface area contributed by atoms with Crippen molar-refractivity contribution < 1.29 is 9.53 Å². The third-order valence-corrected chi connectivity index (χ3v) is 2.69. The number of rotatable bonds is 3. The van der Waals surface area contributed by atoms with Gasteiger partial charge in [-0.2, -0.15) is 0 Å². The second-order valence-electron chi connectivity index (χ2n) is 4.22. The molecule has 2 atom stereocenters. The van der Waals surface area contributed by atoms with Gasteiger partial charge in [0.15, 0.2) is 0 Å². The van der Waals surface area contributed by atoms with Crippen LogP contribution in [-0.2, 0) is 9.53 Å². The molecule has 1 saturated heterocycles. The van der Waals surface area contributed by atoms with Crippen LogP contribution in [0.2, 0.25) is 0 Å². The third-order valence-electron chi connectivity index (χ3n) is 2.69. The van der Waals surface area contributed by atoms with E-state index in [9.17, 15) is 4.79 Å². The van der Waals surface area contributed by atoms with E-state index >= 15 is 0 Å². The maximum atomic E-state index is 11.6. The molecule has 0 bridgehead atoms. The van der Waals surface area contributed by atoms with Crippen LogP contribution in [0.4, 0.5) is 0 Å². The SMILES string of the molecule is CN[C@@H](C)C(=O)NC1(C)CCCOC1. The minimum absolute atomic E-state index is 0.0421. The predicted octanol–water partition coefficient (Wildman–Crippen LogP) is 0.280. The predicted molar refractivity (Wildman–Crippen MR) is 55.1 cm³/mol. The fraction of sp³-hybridized carbons (Fsp3) is 0.900. The topological polar surface area (TPSA) is 50.4 Å². The summed E-state index contributed by atoms with van der Waals surface area (Å²) in [6.07, 6.45) is 2.01. The van der Waals surface area contributed by atoms with Gasteiger partial charge in [0.25, 0.3) is 0 Å². The van der Waals surface area contributed by atoms with E-state index in [0.29, 0.717) is 6.61 Å². The summed E-state index contributed by atoms with van der Waals surface area (Å²) in [6, 6.07) is -0.145. The van der Waals surface area contributed by atoms with Gasteiger partial charge < -0.3 is 15.4 Å². The van der Waals surface area contributed by atoms with Crippen molar-refractivity contribution in [2.75, 3.05) is 20.3 Å². The van der Waals surface area contributed by atoms with Gasteiger partial charge in [0.05, 0.1) is 18.2 Å². The van der Waals surface area contributed by atoms with Gasteiger partial charge >= 0.3 is 0 Å². The first-order valence-corrected chi connectivity index (χ1v) is 5.14. The molecule has 0 spiro atoms. The second-order valence-corrected chi connectivity index (χ2v) is 4.22. The monoisotopic (exact) mass is 200 g/mol. The van der Waals surface area contributed by atoms with Crippen LogP contribution in [0.25, 0.3) is 0 Å². The first kappa shape index (κ1) is 11.5. The van der Waals surface area contributed by atoms with Crippen molar-refractivity contribution in [2.45, 2.75) is 38.3 Å². The van der Waals surface area contributed by atoms with E-state index in [0.717, 1.165) is 19.4 Å². The van der Waals surface area contributed by atoms with Crippen molar-refractivity contribution in [1.29, 1.82) is 0 Å². The van der Waals surface area contributed by atoms with Crippen LogP contribution in [0.1, 0.15) is 26.7 Å². The normalized spacial score (nSPS) is 29.6. The zero-order valence-corrected chi connectivity index (χ0v) is 9.22. The fourth-order valence-electron chi connectivity index (χ4n) is 1.57. The lowest BCUT2D eigenvalue weighted by Gasteiger charge is -2.35. The minimum Gasteiger partial charge on any atom is -0.379 e. The molecule has 4 heteroatoms. The molecule has 2 N–H and O–H groups in total. The van der Waals surface area contributed by atoms with Crippen LogP contribution >= 0.6 is 0 Å². The zero-order chi connectivity index (χ0) is 10.6. The van der Waals surface area contributed by atoms with Crippen LogP contribution in [0.3, 0.4) is 0 Å².